The van der Waals surface area contributed by atoms with E-state index in [4.69, 9.17) is 18.9 Å². The van der Waals surface area contributed by atoms with E-state index in [1.165, 1.54) is 7.11 Å². The summed E-state index contributed by atoms with van der Waals surface area (Å²) in [6, 6.07) is 10.3. The SMILES string of the molecule is COc1ccc(CC(C(=O)O)C(=O)O)c(OCc2cnc3ccc(OC)cc3c2OC(C)C)c1. The molecule has 0 aliphatic heterocycles. The first-order chi connectivity index (χ1) is 16.2. The van der Waals surface area contributed by atoms with Gasteiger partial charge < -0.3 is 29.2 Å². The van der Waals surface area contributed by atoms with E-state index in [0.717, 1.165) is 10.9 Å². The van der Waals surface area contributed by atoms with E-state index in [9.17, 15) is 19.8 Å². The lowest BCUT2D eigenvalue weighted by atomic mass is 9.98. The van der Waals surface area contributed by atoms with Crippen molar-refractivity contribution in [3.8, 4) is 23.0 Å². The summed E-state index contributed by atoms with van der Waals surface area (Å²) >= 11 is 0. The van der Waals surface area contributed by atoms with Crippen molar-refractivity contribution in [1.29, 1.82) is 0 Å². The van der Waals surface area contributed by atoms with E-state index in [-0.39, 0.29) is 19.1 Å². The standard InChI is InChI=1S/C25H27NO8/c1-14(2)34-23-16(12-26-21-8-7-17(31-3)10-19(21)23)13-33-22-11-18(32-4)6-5-15(22)9-20(24(27)28)25(29)30/h5-8,10-12,14,20H,9,13H2,1-4H3,(H,27,28)(H,29,30). The van der Waals surface area contributed by atoms with Gasteiger partial charge >= 0.3 is 11.9 Å². The molecule has 0 unspecified atom stereocenters. The second kappa shape index (κ2) is 10.7. The molecule has 0 bridgehead atoms. The summed E-state index contributed by atoms with van der Waals surface area (Å²) in [6.07, 6.45) is 1.30. The third kappa shape index (κ3) is 5.67. The van der Waals surface area contributed by atoms with Gasteiger partial charge in [-0.1, -0.05) is 6.07 Å². The van der Waals surface area contributed by atoms with Crippen molar-refractivity contribution in [2.24, 2.45) is 5.92 Å². The molecule has 0 radical (unpaired) electrons. The van der Waals surface area contributed by atoms with E-state index >= 15 is 0 Å². The largest absolute Gasteiger partial charge is 0.497 e. The second-order valence-corrected chi connectivity index (χ2v) is 7.86. The van der Waals surface area contributed by atoms with Crippen LogP contribution in [-0.4, -0.2) is 47.5 Å². The Bertz CT molecular complexity index is 1180. The zero-order valence-corrected chi connectivity index (χ0v) is 19.4. The van der Waals surface area contributed by atoms with Crippen molar-refractivity contribution < 1.29 is 38.7 Å². The first kappa shape index (κ1) is 24.6. The Morgan fingerprint density at radius 3 is 2.21 bits per heavy atom. The normalized spacial score (nSPS) is 11.0. The smallest absolute Gasteiger partial charge is 0.318 e. The number of carboxylic acids is 2. The quantitative estimate of drug-likeness (QED) is 0.402. The van der Waals surface area contributed by atoms with Gasteiger partial charge in [0.25, 0.3) is 0 Å². The highest BCUT2D eigenvalue weighted by atomic mass is 16.5. The minimum Gasteiger partial charge on any atom is -0.497 e. The number of ether oxygens (including phenoxy) is 4. The Balaban J connectivity index is 1.98. The van der Waals surface area contributed by atoms with Gasteiger partial charge in [-0.05, 0) is 50.1 Å². The molecule has 0 saturated carbocycles. The van der Waals surface area contributed by atoms with Crippen LogP contribution in [0.3, 0.4) is 0 Å². The highest BCUT2D eigenvalue weighted by molar-refractivity contribution is 5.93. The van der Waals surface area contributed by atoms with Gasteiger partial charge in [0.1, 0.15) is 29.6 Å². The number of methoxy groups -OCH3 is 2. The highest BCUT2D eigenvalue weighted by Crippen LogP contribution is 2.34. The van der Waals surface area contributed by atoms with Crippen LogP contribution in [-0.2, 0) is 22.6 Å². The fraction of sp³-hybridized carbons (Fsp3) is 0.320. The molecule has 9 nitrogen and oxygen atoms in total. The average molecular weight is 469 g/mol. The van der Waals surface area contributed by atoms with Crippen LogP contribution in [0.5, 0.6) is 23.0 Å². The summed E-state index contributed by atoms with van der Waals surface area (Å²) < 4.78 is 22.7. The maximum atomic E-state index is 11.4. The van der Waals surface area contributed by atoms with Gasteiger partial charge in [0, 0.05) is 17.6 Å². The van der Waals surface area contributed by atoms with Gasteiger partial charge in [0.15, 0.2) is 5.92 Å². The van der Waals surface area contributed by atoms with Crippen molar-refractivity contribution in [2.45, 2.75) is 33.0 Å². The van der Waals surface area contributed by atoms with Crippen LogP contribution in [0, 0.1) is 5.92 Å². The maximum absolute atomic E-state index is 11.4. The average Bonchev–Trinajstić information content (AvgIpc) is 2.81. The van der Waals surface area contributed by atoms with Gasteiger partial charge in [-0.25, -0.2) is 0 Å². The molecule has 9 heteroatoms. The Morgan fingerprint density at radius 2 is 1.59 bits per heavy atom. The second-order valence-electron chi connectivity index (χ2n) is 7.86. The summed E-state index contributed by atoms with van der Waals surface area (Å²) in [5.41, 5.74) is 1.82. The zero-order chi connectivity index (χ0) is 24.8. The number of hydrogen-bond acceptors (Lipinski definition) is 7. The van der Waals surface area contributed by atoms with E-state index in [2.05, 4.69) is 4.98 Å². The zero-order valence-electron chi connectivity index (χ0n) is 19.4. The van der Waals surface area contributed by atoms with E-state index in [0.29, 0.717) is 34.1 Å². The molecule has 1 heterocycles. The minimum absolute atomic E-state index is 0.0488. The number of carboxylic acid groups (broad SMARTS) is 2. The molecular formula is C25H27NO8. The molecule has 0 aliphatic carbocycles. The Labute approximate surface area is 196 Å². The number of hydrogen-bond donors (Lipinski definition) is 2. The van der Waals surface area contributed by atoms with E-state index in [1.807, 2.05) is 32.0 Å². The number of aromatic nitrogens is 1. The van der Waals surface area contributed by atoms with E-state index in [1.54, 1.807) is 31.5 Å². The molecule has 2 N–H and O–H groups in total. The number of pyridine rings is 1. The molecule has 3 rings (SSSR count). The maximum Gasteiger partial charge on any atom is 0.318 e. The first-order valence-electron chi connectivity index (χ1n) is 10.6. The molecule has 34 heavy (non-hydrogen) atoms. The Morgan fingerprint density at radius 1 is 0.941 bits per heavy atom. The molecule has 0 fully saturated rings. The van der Waals surface area contributed by atoms with Crippen LogP contribution in [0.4, 0.5) is 0 Å². The predicted molar refractivity (Wildman–Crippen MR) is 124 cm³/mol. The molecular weight excluding hydrogens is 442 g/mol. The number of benzene rings is 2. The molecule has 0 spiro atoms. The number of nitrogens with zero attached hydrogens (tertiary/aromatic N) is 1. The van der Waals surface area contributed by atoms with Gasteiger partial charge in [-0.3, -0.25) is 14.6 Å². The minimum atomic E-state index is -1.61. The monoisotopic (exact) mass is 469 g/mol. The van der Waals surface area contributed by atoms with Crippen LogP contribution in [0.15, 0.2) is 42.6 Å². The Kier molecular flexibility index (Phi) is 7.78. The third-order valence-electron chi connectivity index (χ3n) is 5.13. The summed E-state index contributed by atoms with van der Waals surface area (Å²) in [6.45, 7) is 3.87. The lowest BCUT2D eigenvalue weighted by molar-refractivity contribution is -0.154. The van der Waals surface area contributed by atoms with Crippen LogP contribution in [0.2, 0.25) is 0 Å². The third-order valence-corrected chi connectivity index (χ3v) is 5.13. The number of fused-ring (bicyclic) bond motifs is 1. The number of aliphatic carboxylic acids is 2. The van der Waals surface area contributed by atoms with Crippen LogP contribution < -0.4 is 18.9 Å². The lowest BCUT2D eigenvalue weighted by Gasteiger charge is -2.19. The van der Waals surface area contributed by atoms with Crippen LogP contribution >= 0.6 is 0 Å². The molecule has 180 valence electrons. The fourth-order valence-electron chi connectivity index (χ4n) is 3.41. The molecule has 0 atom stereocenters. The molecule has 2 aromatic carbocycles. The topological polar surface area (TPSA) is 124 Å². The summed E-state index contributed by atoms with van der Waals surface area (Å²) in [5, 5.41) is 19.3. The molecule has 0 amide bonds. The van der Waals surface area contributed by atoms with Crippen molar-refractivity contribution >= 4 is 22.8 Å². The molecule has 0 saturated heterocycles. The van der Waals surface area contributed by atoms with Crippen molar-refractivity contribution in [3.05, 3.63) is 53.7 Å². The van der Waals surface area contributed by atoms with Gasteiger partial charge in [-0.2, -0.15) is 0 Å². The highest BCUT2D eigenvalue weighted by Gasteiger charge is 2.27. The first-order valence-corrected chi connectivity index (χ1v) is 10.6. The van der Waals surface area contributed by atoms with Gasteiger partial charge in [0.05, 0.1) is 31.4 Å². The molecule has 3 aromatic rings. The van der Waals surface area contributed by atoms with Crippen LogP contribution in [0.25, 0.3) is 10.9 Å². The predicted octanol–water partition coefficient (Wildman–Crippen LogP) is 3.95. The number of carbonyl (C=O) groups is 2. The molecule has 1 aromatic heterocycles. The van der Waals surface area contributed by atoms with Gasteiger partial charge in [-0.15, -0.1) is 0 Å². The number of rotatable bonds is 11. The lowest BCUT2D eigenvalue weighted by Crippen LogP contribution is -2.25. The summed E-state index contributed by atoms with van der Waals surface area (Å²) in [4.78, 5) is 27.3. The summed E-state index contributed by atoms with van der Waals surface area (Å²) in [7, 11) is 3.07. The Hall–Kier alpha value is -4.01. The fourth-order valence-corrected chi connectivity index (χ4v) is 3.41. The summed E-state index contributed by atoms with van der Waals surface area (Å²) in [5.74, 6) is -2.40. The van der Waals surface area contributed by atoms with Crippen molar-refractivity contribution in [3.63, 3.8) is 0 Å². The van der Waals surface area contributed by atoms with Gasteiger partial charge in [0.2, 0.25) is 0 Å². The van der Waals surface area contributed by atoms with Crippen LogP contribution in [0.1, 0.15) is 25.0 Å². The van der Waals surface area contributed by atoms with Crippen molar-refractivity contribution in [2.75, 3.05) is 14.2 Å². The van der Waals surface area contributed by atoms with E-state index < -0.39 is 17.9 Å². The molecule has 0 aliphatic rings. The van der Waals surface area contributed by atoms with Crippen molar-refractivity contribution in [1.82, 2.24) is 4.98 Å².